The zero-order valence-electron chi connectivity index (χ0n) is 9.91. The Kier molecular flexibility index (Phi) is 4.20. The molecule has 1 nitrogen and oxygen atoms in total. The van der Waals surface area contributed by atoms with Crippen LogP contribution in [0, 0.1) is 6.92 Å². The number of aryl methyl sites for hydroxylation is 1. The first-order valence-corrected chi connectivity index (χ1v) is 6.77. The zero-order chi connectivity index (χ0) is 13.1. The number of benzene rings is 2. The number of ketones is 1. The van der Waals surface area contributed by atoms with Gasteiger partial charge in [0.15, 0.2) is 5.78 Å². The molecule has 0 bridgehead atoms. The molecule has 2 aromatic rings. The molecule has 2 aromatic carbocycles. The summed E-state index contributed by atoms with van der Waals surface area (Å²) in [5.74, 6) is 0.0826. The van der Waals surface area contributed by atoms with E-state index in [9.17, 15) is 4.79 Å². The number of hydrogen-bond acceptors (Lipinski definition) is 1. The Morgan fingerprint density at radius 1 is 1.17 bits per heavy atom. The Morgan fingerprint density at radius 3 is 2.44 bits per heavy atom. The highest BCUT2D eigenvalue weighted by Crippen LogP contribution is 2.18. The minimum Gasteiger partial charge on any atom is -0.294 e. The predicted octanol–water partition coefficient (Wildman–Crippen LogP) is 4.84. The quantitative estimate of drug-likeness (QED) is 0.739. The van der Waals surface area contributed by atoms with Crippen molar-refractivity contribution < 1.29 is 4.79 Å². The van der Waals surface area contributed by atoms with Crippen molar-refractivity contribution in [3.63, 3.8) is 0 Å². The molecule has 0 fully saturated rings. The average Bonchev–Trinajstić information content (AvgIpc) is 2.35. The van der Waals surface area contributed by atoms with Crippen LogP contribution in [0.4, 0.5) is 0 Å². The Hall–Kier alpha value is -1.12. The van der Waals surface area contributed by atoms with Crippen LogP contribution < -0.4 is 0 Å². The van der Waals surface area contributed by atoms with Crippen LogP contribution in [-0.4, -0.2) is 5.78 Å². The van der Waals surface area contributed by atoms with Crippen LogP contribution >= 0.6 is 27.5 Å². The van der Waals surface area contributed by atoms with Crippen LogP contribution in [0.3, 0.4) is 0 Å². The van der Waals surface area contributed by atoms with E-state index in [4.69, 9.17) is 11.6 Å². The lowest BCUT2D eigenvalue weighted by atomic mass is 10.0. The third-order valence-corrected chi connectivity index (χ3v) is 3.71. The van der Waals surface area contributed by atoms with Crippen molar-refractivity contribution in [2.45, 2.75) is 13.3 Å². The molecule has 0 atom stereocenters. The summed E-state index contributed by atoms with van der Waals surface area (Å²) < 4.78 is 1.01. The first-order valence-electron chi connectivity index (χ1n) is 5.60. The van der Waals surface area contributed by atoms with Crippen LogP contribution in [0.2, 0.25) is 5.02 Å². The second-order valence-corrected chi connectivity index (χ2v) is 5.51. The maximum atomic E-state index is 12.1. The molecule has 2 rings (SSSR count). The van der Waals surface area contributed by atoms with Gasteiger partial charge in [-0.05, 0) is 36.2 Å². The molecule has 0 unspecified atom stereocenters. The number of carbonyl (C=O) groups is 1. The highest BCUT2D eigenvalue weighted by atomic mass is 79.9. The smallest absolute Gasteiger partial charge is 0.167 e. The molecule has 0 amide bonds. The van der Waals surface area contributed by atoms with E-state index in [2.05, 4.69) is 15.9 Å². The van der Waals surface area contributed by atoms with Gasteiger partial charge in [-0.3, -0.25) is 4.79 Å². The SMILES string of the molecule is Cc1ccc(C(=O)Cc2ccc(Br)cc2)cc1Cl. The topological polar surface area (TPSA) is 17.1 Å². The normalized spacial score (nSPS) is 10.4. The lowest BCUT2D eigenvalue weighted by Gasteiger charge is -2.04. The Bertz CT molecular complexity index is 576. The second-order valence-electron chi connectivity index (χ2n) is 4.19. The highest BCUT2D eigenvalue weighted by Gasteiger charge is 2.08. The highest BCUT2D eigenvalue weighted by molar-refractivity contribution is 9.10. The lowest BCUT2D eigenvalue weighted by molar-refractivity contribution is 0.0993. The van der Waals surface area contributed by atoms with E-state index in [-0.39, 0.29) is 5.78 Å². The van der Waals surface area contributed by atoms with Crippen LogP contribution in [-0.2, 0) is 6.42 Å². The van der Waals surface area contributed by atoms with Gasteiger partial charge in [-0.25, -0.2) is 0 Å². The number of hydrogen-bond donors (Lipinski definition) is 0. The standard InChI is InChI=1S/C15H12BrClO/c1-10-2-5-12(9-14(10)17)15(18)8-11-3-6-13(16)7-4-11/h2-7,9H,8H2,1H3. The van der Waals surface area contributed by atoms with Crippen LogP contribution in [0.5, 0.6) is 0 Å². The third-order valence-electron chi connectivity index (χ3n) is 2.77. The number of Topliss-reactive ketones (excluding diaryl/α,β-unsaturated/α-hetero) is 1. The molecule has 0 aromatic heterocycles. The molecular formula is C15H12BrClO. The summed E-state index contributed by atoms with van der Waals surface area (Å²) in [5.41, 5.74) is 2.64. The van der Waals surface area contributed by atoms with E-state index in [0.29, 0.717) is 17.0 Å². The maximum absolute atomic E-state index is 12.1. The maximum Gasteiger partial charge on any atom is 0.167 e. The summed E-state index contributed by atoms with van der Waals surface area (Å²) in [6.45, 7) is 1.92. The first kappa shape index (κ1) is 13.3. The fourth-order valence-corrected chi connectivity index (χ4v) is 2.10. The zero-order valence-corrected chi connectivity index (χ0v) is 12.3. The first-order chi connectivity index (χ1) is 8.56. The van der Waals surface area contributed by atoms with Gasteiger partial charge in [0.05, 0.1) is 0 Å². The van der Waals surface area contributed by atoms with E-state index in [1.165, 1.54) is 0 Å². The van der Waals surface area contributed by atoms with E-state index in [0.717, 1.165) is 15.6 Å². The van der Waals surface area contributed by atoms with Crippen LogP contribution in [0.15, 0.2) is 46.9 Å². The largest absolute Gasteiger partial charge is 0.294 e. The number of halogens is 2. The van der Waals surface area contributed by atoms with Gasteiger partial charge in [0, 0.05) is 21.5 Å². The molecule has 92 valence electrons. The van der Waals surface area contributed by atoms with Gasteiger partial charge >= 0.3 is 0 Å². The van der Waals surface area contributed by atoms with Crippen molar-refractivity contribution in [3.8, 4) is 0 Å². The molecule has 0 aliphatic rings. The van der Waals surface area contributed by atoms with Crippen molar-refractivity contribution >= 4 is 33.3 Å². The van der Waals surface area contributed by atoms with Crippen LogP contribution in [0.25, 0.3) is 0 Å². The Morgan fingerprint density at radius 2 is 1.83 bits per heavy atom. The molecule has 18 heavy (non-hydrogen) atoms. The summed E-state index contributed by atoms with van der Waals surface area (Å²) in [4.78, 5) is 12.1. The number of rotatable bonds is 3. The molecule has 3 heteroatoms. The summed E-state index contributed by atoms with van der Waals surface area (Å²) in [7, 11) is 0. The van der Waals surface area contributed by atoms with Gasteiger partial charge in [-0.15, -0.1) is 0 Å². The van der Waals surface area contributed by atoms with Crippen molar-refractivity contribution in [3.05, 3.63) is 68.7 Å². The molecule has 0 heterocycles. The second kappa shape index (κ2) is 5.68. The predicted molar refractivity (Wildman–Crippen MR) is 78.4 cm³/mol. The van der Waals surface area contributed by atoms with Crippen molar-refractivity contribution in [2.24, 2.45) is 0 Å². The summed E-state index contributed by atoms with van der Waals surface area (Å²) in [6, 6.07) is 13.2. The molecule has 0 aliphatic heterocycles. The molecular weight excluding hydrogens is 312 g/mol. The fourth-order valence-electron chi connectivity index (χ4n) is 1.66. The molecule has 0 spiro atoms. The van der Waals surface area contributed by atoms with Crippen molar-refractivity contribution in [2.75, 3.05) is 0 Å². The van der Waals surface area contributed by atoms with Gasteiger partial charge in [0.25, 0.3) is 0 Å². The summed E-state index contributed by atoms with van der Waals surface area (Å²) >= 11 is 9.39. The molecule has 0 saturated carbocycles. The van der Waals surface area contributed by atoms with Gasteiger partial charge in [0.1, 0.15) is 0 Å². The average molecular weight is 324 g/mol. The van der Waals surface area contributed by atoms with E-state index in [1.54, 1.807) is 6.07 Å². The lowest BCUT2D eigenvalue weighted by Crippen LogP contribution is -2.03. The van der Waals surface area contributed by atoms with Gasteiger partial charge in [-0.1, -0.05) is 51.8 Å². The van der Waals surface area contributed by atoms with E-state index >= 15 is 0 Å². The molecule has 0 radical (unpaired) electrons. The number of carbonyl (C=O) groups excluding carboxylic acids is 1. The van der Waals surface area contributed by atoms with Gasteiger partial charge in [-0.2, -0.15) is 0 Å². The summed E-state index contributed by atoms with van der Waals surface area (Å²) in [6.07, 6.45) is 0.396. The minimum absolute atomic E-state index is 0.0826. The van der Waals surface area contributed by atoms with Gasteiger partial charge < -0.3 is 0 Å². The monoisotopic (exact) mass is 322 g/mol. The fraction of sp³-hybridized carbons (Fsp3) is 0.133. The van der Waals surface area contributed by atoms with Crippen molar-refractivity contribution in [1.82, 2.24) is 0 Å². The van der Waals surface area contributed by atoms with Crippen LogP contribution in [0.1, 0.15) is 21.5 Å². The van der Waals surface area contributed by atoms with E-state index < -0.39 is 0 Å². The van der Waals surface area contributed by atoms with Gasteiger partial charge in [0.2, 0.25) is 0 Å². The molecule has 0 saturated heterocycles. The Labute approximate surface area is 120 Å². The summed E-state index contributed by atoms with van der Waals surface area (Å²) in [5, 5.41) is 0.636. The van der Waals surface area contributed by atoms with E-state index in [1.807, 2.05) is 43.3 Å². The molecule has 0 N–H and O–H groups in total. The van der Waals surface area contributed by atoms with Crippen molar-refractivity contribution in [1.29, 1.82) is 0 Å². The molecule has 0 aliphatic carbocycles. The third kappa shape index (κ3) is 3.21. The minimum atomic E-state index is 0.0826. The Balaban J connectivity index is 2.16.